The van der Waals surface area contributed by atoms with Crippen LogP contribution in [0.2, 0.25) is 0 Å². The molecule has 0 saturated carbocycles. The lowest BCUT2D eigenvalue weighted by Crippen LogP contribution is -2.47. The molecule has 4 heteroatoms. The minimum atomic E-state index is 0.276. The number of ketones is 1. The van der Waals surface area contributed by atoms with Crippen LogP contribution in [0.5, 0.6) is 0 Å². The summed E-state index contributed by atoms with van der Waals surface area (Å²) in [5, 5.41) is 0. The number of Topliss-reactive ketones (excluding diaryl/α,β-unsaturated/α-hetero) is 1. The van der Waals surface area contributed by atoms with Gasteiger partial charge in [0.25, 0.3) is 0 Å². The van der Waals surface area contributed by atoms with Crippen LogP contribution in [0.4, 0.5) is 0 Å². The third kappa shape index (κ3) is 4.18. The van der Waals surface area contributed by atoms with Gasteiger partial charge in [0.05, 0.1) is 13.3 Å². The Morgan fingerprint density at radius 3 is 2.43 bits per heavy atom. The number of hydrogen-bond acceptors (Lipinski definition) is 4. The fourth-order valence-electron chi connectivity index (χ4n) is 4.35. The van der Waals surface area contributed by atoms with E-state index < -0.39 is 0 Å². The lowest BCUT2D eigenvalue weighted by atomic mass is 9.80. The first-order valence-corrected chi connectivity index (χ1v) is 10.0. The van der Waals surface area contributed by atoms with Crippen LogP contribution in [0.1, 0.15) is 29.9 Å². The van der Waals surface area contributed by atoms with E-state index in [1.54, 1.807) is 7.11 Å². The average Bonchev–Trinajstić information content (AvgIpc) is 2.74. The molecule has 1 unspecified atom stereocenters. The normalized spacial score (nSPS) is 20.4. The monoisotopic (exact) mass is 376 g/mol. The van der Waals surface area contributed by atoms with Crippen molar-refractivity contribution in [2.75, 3.05) is 33.5 Å². The van der Waals surface area contributed by atoms with E-state index in [-0.39, 0.29) is 5.92 Å². The van der Waals surface area contributed by atoms with Gasteiger partial charge in [0.2, 0.25) is 0 Å². The molecule has 28 heavy (non-hydrogen) atoms. The largest absolute Gasteiger partial charge is 0.383 e. The van der Waals surface area contributed by atoms with Crippen LogP contribution in [0, 0.1) is 0 Å². The number of benzene rings is 2. The molecule has 2 aromatic rings. The SMILES string of the molecule is COCCN1CN(Cc2ccccc2)CC2=C1CC(c1ccccc1)CC2=O. The van der Waals surface area contributed by atoms with E-state index in [9.17, 15) is 4.79 Å². The van der Waals surface area contributed by atoms with Crippen LogP contribution in [0.15, 0.2) is 71.9 Å². The Morgan fingerprint density at radius 1 is 1.00 bits per heavy atom. The van der Waals surface area contributed by atoms with Crippen molar-refractivity contribution in [1.29, 1.82) is 0 Å². The highest BCUT2D eigenvalue weighted by atomic mass is 16.5. The average molecular weight is 377 g/mol. The summed E-state index contributed by atoms with van der Waals surface area (Å²) in [7, 11) is 1.74. The fraction of sp³-hybridized carbons (Fsp3) is 0.375. The molecule has 0 radical (unpaired) electrons. The Morgan fingerprint density at radius 2 is 1.71 bits per heavy atom. The second kappa shape index (κ2) is 8.72. The first kappa shape index (κ1) is 18.9. The summed E-state index contributed by atoms with van der Waals surface area (Å²) in [5.41, 5.74) is 4.78. The van der Waals surface area contributed by atoms with Crippen molar-refractivity contribution in [2.45, 2.75) is 25.3 Å². The molecule has 2 aliphatic rings. The molecule has 0 amide bonds. The third-order valence-corrected chi connectivity index (χ3v) is 5.78. The number of rotatable bonds is 6. The first-order valence-electron chi connectivity index (χ1n) is 10.0. The van der Waals surface area contributed by atoms with E-state index in [0.717, 1.165) is 38.3 Å². The molecular weight excluding hydrogens is 348 g/mol. The van der Waals surface area contributed by atoms with Gasteiger partial charge in [-0.3, -0.25) is 9.69 Å². The molecule has 0 spiro atoms. The number of allylic oxidation sites excluding steroid dienone is 1. The number of ether oxygens (including phenoxy) is 1. The van der Waals surface area contributed by atoms with Gasteiger partial charge in [-0.1, -0.05) is 60.7 Å². The molecule has 0 saturated heterocycles. The van der Waals surface area contributed by atoms with Crippen molar-refractivity contribution in [1.82, 2.24) is 9.80 Å². The molecule has 1 atom stereocenters. The smallest absolute Gasteiger partial charge is 0.162 e. The maximum atomic E-state index is 13.1. The third-order valence-electron chi connectivity index (χ3n) is 5.78. The molecule has 0 fully saturated rings. The highest BCUT2D eigenvalue weighted by Crippen LogP contribution is 2.38. The molecule has 2 aromatic carbocycles. The van der Waals surface area contributed by atoms with Crippen molar-refractivity contribution >= 4 is 5.78 Å². The number of hydrogen-bond donors (Lipinski definition) is 0. The number of carbonyl (C=O) groups excluding carboxylic acids is 1. The minimum Gasteiger partial charge on any atom is -0.383 e. The Balaban J connectivity index is 1.58. The lowest BCUT2D eigenvalue weighted by molar-refractivity contribution is -0.117. The number of carbonyl (C=O) groups is 1. The van der Waals surface area contributed by atoms with Crippen molar-refractivity contribution in [3.8, 4) is 0 Å². The molecule has 0 N–H and O–H groups in total. The topological polar surface area (TPSA) is 32.8 Å². The number of methoxy groups -OCH3 is 1. The minimum absolute atomic E-state index is 0.276. The molecule has 0 aromatic heterocycles. The van der Waals surface area contributed by atoms with E-state index in [0.29, 0.717) is 18.8 Å². The van der Waals surface area contributed by atoms with Crippen molar-refractivity contribution in [3.05, 3.63) is 83.1 Å². The zero-order chi connectivity index (χ0) is 19.3. The standard InChI is InChI=1S/C24H28N2O2/c1-28-13-12-26-18-25(16-19-8-4-2-5-9-19)17-22-23(26)14-21(15-24(22)27)20-10-6-3-7-11-20/h2-11,21H,12-18H2,1H3. The molecule has 4 nitrogen and oxygen atoms in total. The summed E-state index contributed by atoms with van der Waals surface area (Å²) < 4.78 is 5.35. The summed E-state index contributed by atoms with van der Waals surface area (Å²) in [6, 6.07) is 20.9. The van der Waals surface area contributed by atoms with E-state index in [1.165, 1.54) is 16.8 Å². The molecule has 4 rings (SSSR count). The summed E-state index contributed by atoms with van der Waals surface area (Å²) >= 11 is 0. The van der Waals surface area contributed by atoms with Gasteiger partial charge in [0, 0.05) is 44.4 Å². The lowest BCUT2D eigenvalue weighted by Gasteiger charge is -2.43. The molecule has 1 aliphatic heterocycles. The van der Waals surface area contributed by atoms with E-state index in [2.05, 4.69) is 58.3 Å². The van der Waals surface area contributed by atoms with E-state index in [4.69, 9.17) is 4.74 Å². The summed E-state index contributed by atoms with van der Waals surface area (Å²) in [4.78, 5) is 17.8. The van der Waals surface area contributed by atoms with Crippen molar-refractivity contribution in [2.24, 2.45) is 0 Å². The van der Waals surface area contributed by atoms with Gasteiger partial charge >= 0.3 is 0 Å². The van der Waals surface area contributed by atoms with E-state index in [1.807, 2.05) is 12.1 Å². The van der Waals surface area contributed by atoms with Crippen LogP contribution in [-0.2, 0) is 16.1 Å². The van der Waals surface area contributed by atoms with Crippen LogP contribution in [0.25, 0.3) is 0 Å². The van der Waals surface area contributed by atoms with Gasteiger partial charge < -0.3 is 9.64 Å². The fourth-order valence-corrected chi connectivity index (χ4v) is 4.35. The Labute approximate surface area is 167 Å². The summed E-state index contributed by atoms with van der Waals surface area (Å²) in [6.07, 6.45) is 1.55. The zero-order valence-corrected chi connectivity index (χ0v) is 16.5. The van der Waals surface area contributed by atoms with Crippen molar-refractivity contribution < 1.29 is 9.53 Å². The predicted octanol–water partition coefficient (Wildman–Crippen LogP) is 3.81. The van der Waals surface area contributed by atoms with Crippen LogP contribution in [-0.4, -0.2) is 49.1 Å². The second-order valence-electron chi connectivity index (χ2n) is 7.73. The molecule has 1 aliphatic carbocycles. The van der Waals surface area contributed by atoms with Crippen molar-refractivity contribution in [3.63, 3.8) is 0 Å². The first-order chi connectivity index (χ1) is 13.7. The van der Waals surface area contributed by atoms with Crippen LogP contribution in [0.3, 0.4) is 0 Å². The van der Waals surface area contributed by atoms with Gasteiger partial charge in [-0.05, 0) is 23.5 Å². The highest BCUT2D eigenvalue weighted by molar-refractivity contribution is 5.98. The van der Waals surface area contributed by atoms with Crippen LogP contribution < -0.4 is 0 Å². The molecule has 1 heterocycles. The van der Waals surface area contributed by atoms with E-state index >= 15 is 0 Å². The summed E-state index contributed by atoms with van der Waals surface area (Å²) in [6.45, 7) is 3.92. The van der Waals surface area contributed by atoms with Gasteiger partial charge in [0.15, 0.2) is 5.78 Å². The predicted molar refractivity (Wildman–Crippen MR) is 111 cm³/mol. The van der Waals surface area contributed by atoms with Gasteiger partial charge in [-0.25, -0.2) is 0 Å². The summed E-state index contributed by atoms with van der Waals surface area (Å²) in [5.74, 6) is 0.577. The zero-order valence-electron chi connectivity index (χ0n) is 16.5. The maximum Gasteiger partial charge on any atom is 0.162 e. The molecular formula is C24H28N2O2. The van der Waals surface area contributed by atoms with Gasteiger partial charge in [-0.15, -0.1) is 0 Å². The Kier molecular flexibility index (Phi) is 5.89. The van der Waals surface area contributed by atoms with Gasteiger partial charge in [0.1, 0.15) is 0 Å². The number of nitrogens with zero attached hydrogens (tertiary/aromatic N) is 2. The quantitative estimate of drug-likeness (QED) is 0.768. The Bertz CT molecular complexity index is 832. The second-order valence-corrected chi connectivity index (χ2v) is 7.73. The van der Waals surface area contributed by atoms with Crippen LogP contribution >= 0.6 is 0 Å². The Hall–Kier alpha value is -2.43. The highest BCUT2D eigenvalue weighted by Gasteiger charge is 2.35. The van der Waals surface area contributed by atoms with Gasteiger partial charge in [-0.2, -0.15) is 0 Å². The molecule has 0 bridgehead atoms. The maximum absolute atomic E-state index is 13.1. The molecule has 146 valence electrons.